The Morgan fingerprint density at radius 1 is 1.10 bits per heavy atom. The molecule has 0 saturated carbocycles. The molecule has 1 aromatic heterocycles. The van der Waals surface area contributed by atoms with Crippen molar-refractivity contribution >= 4 is 17.2 Å². The second-order valence-corrected chi connectivity index (χ2v) is 8.62. The number of carbonyl (C=O) groups excluding carboxylic acids is 1. The smallest absolute Gasteiger partial charge is 0.263 e. The molecule has 1 aliphatic rings. The van der Waals surface area contributed by atoms with E-state index in [0.29, 0.717) is 22.0 Å². The van der Waals surface area contributed by atoms with Crippen LogP contribution in [0.5, 0.6) is 0 Å². The largest absolute Gasteiger partial charge is 0.347 e. The Morgan fingerprint density at radius 3 is 2.67 bits per heavy atom. The summed E-state index contributed by atoms with van der Waals surface area (Å²) in [4.78, 5) is 22.0. The molecule has 0 bridgehead atoms. The van der Waals surface area contributed by atoms with Gasteiger partial charge in [-0.25, -0.2) is 9.37 Å². The highest BCUT2D eigenvalue weighted by atomic mass is 32.1. The first-order chi connectivity index (χ1) is 14.6. The third-order valence-electron chi connectivity index (χ3n) is 5.28. The summed E-state index contributed by atoms with van der Waals surface area (Å²) in [7, 11) is 2.16. The van der Waals surface area contributed by atoms with Crippen LogP contribution in [-0.4, -0.2) is 53.9 Å². The summed E-state index contributed by atoms with van der Waals surface area (Å²) < 4.78 is 13.9. The molecule has 5 nitrogen and oxygen atoms in total. The number of nitrogens with zero attached hydrogens (tertiary/aromatic N) is 3. The van der Waals surface area contributed by atoms with Crippen molar-refractivity contribution in [2.75, 3.05) is 33.2 Å². The molecule has 1 amide bonds. The number of piperazine rings is 1. The highest BCUT2D eigenvalue weighted by Gasteiger charge is 2.15. The monoisotopic (exact) mass is 424 g/mol. The van der Waals surface area contributed by atoms with E-state index in [1.54, 1.807) is 18.2 Å². The van der Waals surface area contributed by atoms with Crippen molar-refractivity contribution in [3.63, 3.8) is 0 Å². The van der Waals surface area contributed by atoms with Gasteiger partial charge in [-0.3, -0.25) is 9.69 Å². The lowest BCUT2D eigenvalue weighted by molar-refractivity contribution is 0.0954. The maximum absolute atomic E-state index is 13.9. The highest BCUT2D eigenvalue weighted by Crippen LogP contribution is 2.27. The summed E-state index contributed by atoms with van der Waals surface area (Å²) in [6, 6.07) is 14.8. The molecule has 2 heterocycles. The zero-order valence-corrected chi connectivity index (χ0v) is 17.8. The third-order valence-corrected chi connectivity index (χ3v) is 6.31. The van der Waals surface area contributed by atoms with Gasteiger partial charge in [0.25, 0.3) is 5.91 Å². The van der Waals surface area contributed by atoms with Gasteiger partial charge in [0.2, 0.25) is 0 Å². The van der Waals surface area contributed by atoms with Crippen LogP contribution in [0.3, 0.4) is 0 Å². The molecule has 1 N–H and O–H groups in total. The van der Waals surface area contributed by atoms with Gasteiger partial charge in [0.1, 0.15) is 15.7 Å². The first kappa shape index (κ1) is 20.7. The topological polar surface area (TPSA) is 48.5 Å². The number of rotatable bonds is 6. The zero-order chi connectivity index (χ0) is 20.9. The molecule has 30 heavy (non-hydrogen) atoms. The second-order valence-electron chi connectivity index (χ2n) is 7.59. The highest BCUT2D eigenvalue weighted by molar-refractivity contribution is 7.16. The number of amides is 1. The third kappa shape index (κ3) is 5.11. The lowest BCUT2D eigenvalue weighted by atomic mass is 10.1. The maximum Gasteiger partial charge on any atom is 0.263 e. The predicted octanol–water partition coefficient (Wildman–Crippen LogP) is 3.63. The van der Waals surface area contributed by atoms with Crippen molar-refractivity contribution in [1.82, 2.24) is 20.1 Å². The number of hydrogen-bond donors (Lipinski definition) is 1. The molecule has 0 aliphatic carbocycles. The summed E-state index contributed by atoms with van der Waals surface area (Å²) in [5, 5.41) is 3.46. The van der Waals surface area contributed by atoms with Gasteiger partial charge in [0.15, 0.2) is 0 Å². The number of nitrogens with one attached hydrogen (secondary N) is 1. The van der Waals surface area contributed by atoms with E-state index in [1.807, 2.05) is 12.1 Å². The normalized spacial score (nSPS) is 15.3. The molecule has 0 unspecified atom stereocenters. The molecule has 2 aromatic carbocycles. The molecular weight excluding hydrogens is 399 g/mol. The summed E-state index contributed by atoms with van der Waals surface area (Å²) in [6.45, 7) is 5.72. The number of thiazole rings is 1. The number of benzene rings is 2. The van der Waals surface area contributed by atoms with Crippen LogP contribution in [0.2, 0.25) is 0 Å². The quantitative estimate of drug-likeness (QED) is 0.657. The van der Waals surface area contributed by atoms with Crippen LogP contribution in [-0.2, 0) is 13.1 Å². The Morgan fingerprint density at radius 2 is 1.87 bits per heavy atom. The van der Waals surface area contributed by atoms with Crippen molar-refractivity contribution in [2.45, 2.75) is 13.1 Å². The summed E-state index contributed by atoms with van der Waals surface area (Å²) in [5.41, 5.74) is 2.73. The van der Waals surface area contributed by atoms with E-state index in [4.69, 9.17) is 0 Å². The van der Waals surface area contributed by atoms with Gasteiger partial charge >= 0.3 is 0 Å². The van der Waals surface area contributed by atoms with Crippen LogP contribution >= 0.6 is 11.3 Å². The molecular formula is C23H25FN4OS. The molecule has 1 aliphatic heterocycles. The van der Waals surface area contributed by atoms with Crippen LogP contribution in [0.1, 0.15) is 20.8 Å². The molecule has 156 valence electrons. The van der Waals surface area contributed by atoms with E-state index in [9.17, 15) is 9.18 Å². The minimum Gasteiger partial charge on any atom is -0.347 e. The maximum atomic E-state index is 13.9. The van der Waals surface area contributed by atoms with Crippen LogP contribution in [0.15, 0.2) is 54.7 Å². The van der Waals surface area contributed by atoms with Gasteiger partial charge < -0.3 is 10.2 Å². The Kier molecular flexibility index (Phi) is 6.52. The van der Waals surface area contributed by atoms with E-state index in [0.717, 1.165) is 38.3 Å². The lowest BCUT2D eigenvalue weighted by Gasteiger charge is -2.32. The molecule has 0 radical (unpaired) electrons. The standard InChI is InChI=1S/C23H25FN4OS/c1-27-9-11-28(12-10-27)16-18-6-4-5-17(13-18)14-25-22(29)21-15-26-23(30-21)19-7-2-3-8-20(19)24/h2-8,13,15H,9-12,14,16H2,1H3,(H,25,29). The first-order valence-electron chi connectivity index (χ1n) is 10.1. The molecule has 4 rings (SSSR count). The minimum absolute atomic E-state index is 0.195. The Balaban J connectivity index is 1.35. The fourth-order valence-electron chi connectivity index (χ4n) is 3.51. The van der Waals surface area contributed by atoms with E-state index >= 15 is 0 Å². The average molecular weight is 425 g/mol. The Labute approximate surface area is 180 Å². The number of carbonyl (C=O) groups is 1. The SMILES string of the molecule is CN1CCN(Cc2cccc(CNC(=O)c3cnc(-c4ccccc4F)s3)c2)CC1. The van der Waals surface area contributed by atoms with Gasteiger partial charge in [-0.05, 0) is 30.3 Å². The Bertz CT molecular complexity index is 1010. The predicted molar refractivity (Wildman–Crippen MR) is 118 cm³/mol. The van der Waals surface area contributed by atoms with E-state index in [2.05, 4.69) is 39.3 Å². The summed E-state index contributed by atoms with van der Waals surface area (Å²) in [6.07, 6.45) is 1.51. The van der Waals surface area contributed by atoms with Crippen molar-refractivity contribution < 1.29 is 9.18 Å². The zero-order valence-electron chi connectivity index (χ0n) is 17.0. The van der Waals surface area contributed by atoms with Crippen molar-refractivity contribution in [2.24, 2.45) is 0 Å². The molecule has 1 fully saturated rings. The fraction of sp³-hybridized carbons (Fsp3) is 0.304. The average Bonchev–Trinajstić information content (AvgIpc) is 3.24. The van der Waals surface area contributed by atoms with Gasteiger partial charge in [0.05, 0.1) is 6.20 Å². The van der Waals surface area contributed by atoms with Gasteiger partial charge in [-0.1, -0.05) is 36.4 Å². The van der Waals surface area contributed by atoms with E-state index in [-0.39, 0.29) is 11.7 Å². The van der Waals surface area contributed by atoms with Gasteiger partial charge in [0, 0.05) is 44.8 Å². The van der Waals surface area contributed by atoms with Gasteiger partial charge in [-0.2, -0.15) is 0 Å². The molecule has 7 heteroatoms. The van der Waals surface area contributed by atoms with Crippen molar-refractivity contribution in [3.8, 4) is 10.6 Å². The van der Waals surface area contributed by atoms with Crippen molar-refractivity contribution in [3.05, 3.63) is 76.5 Å². The van der Waals surface area contributed by atoms with Crippen LogP contribution in [0.25, 0.3) is 10.6 Å². The van der Waals surface area contributed by atoms with Crippen LogP contribution in [0, 0.1) is 5.82 Å². The fourth-order valence-corrected chi connectivity index (χ4v) is 4.37. The number of halogens is 1. The number of aromatic nitrogens is 1. The van der Waals surface area contributed by atoms with Crippen LogP contribution in [0.4, 0.5) is 4.39 Å². The summed E-state index contributed by atoms with van der Waals surface area (Å²) in [5.74, 6) is -0.532. The van der Waals surface area contributed by atoms with Gasteiger partial charge in [-0.15, -0.1) is 11.3 Å². The lowest BCUT2D eigenvalue weighted by Crippen LogP contribution is -2.43. The second kappa shape index (κ2) is 9.47. The van der Waals surface area contributed by atoms with Crippen molar-refractivity contribution in [1.29, 1.82) is 0 Å². The Hall–Kier alpha value is -2.61. The molecule has 1 saturated heterocycles. The molecule has 0 atom stereocenters. The summed E-state index contributed by atoms with van der Waals surface area (Å²) >= 11 is 1.20. The minimum atomic E-state index is -0.337. The number of likely N-dealkylation sites (N-methyl/N-ethyl adjacent to an activating group) is 1. The molecule has 0 spiro atoms. The first-order valence-corrected chi connectivity index (χ1v) is 10.9. The number of hydrogen-bond acceptors (Lipinski definition) is 5. The molecule has 3 aromatic rings. The van der Waals surface area contributed by atoms with E-state index in [1.165, 1.54) is 29.2 Å². The van der Waals surface area contributed by atoms with E-state index < -0.39 is 0 Å². The van der Waals surface area contributed by atoms with Crippen LogP contribution < -0.4 is 5.32 Å².